The van der Waals surface area contributed by atoms with E-state index in [0.29, 0.717) is 23.5 Å². The number of H-pyrrole nitrogens is 1. The van der Waals surface area contributed by atoms with Crippen molar-refractivity contribution < 1.29 is 4.52 Å². The minimum Gasteiger partial charge on any atom is -0.368 e. The van der Waals surface area contributed by atoms with Crippen molar-refractivity contribution in [3.63, 3.8) is 0 Å². The normalized spacial score (nSPS) is 10.9. The molecule has 8 heteroatoms. The number of aryl methyl sites for hydroxylation is 1. The molecule has 92 valence electrons. The minimum absolute atomic E-state index is 0.174. The van der Waals surface area contributed by atoms with E-state index in [1.165, 1.54) is 0 Å². The summed E-state index contributed by atoms with van der Waals surface area (Å²) in [6.07, 6.45) is 1.55. The third-order valence-corrected chi connectivity index (χ3v) is 2.42. The second-order valence-corrected chi connectivity index (χ2v) is 3.81. The van der Waals surface area contributed by atoms with Crippen molar-refractivity contribution in [3.8, 4) is 0 Å². The molecular formula is C10H11N7O. The number of aromatic nitrogens is 5. The average Bonchev–Trinajstić information content (AvgIpc) is 2.94. The first-order valence-corrected chi connectivity index (χ1v) is 5.35. The summed E-state index contributed by atoms with van der Waals surface area (Å²) in [5.41, 5.74) is 7.64. The molecule has 3 aromatic rings. The van der Waals surface area contributed by atoms with Crippen LogP contribution in [0.1, 0.15) is 11.5 Å². The summed E-state index contributed by atoms with van der Waals surface area (Å²) in [7, 11) is 0. The Morgan fingerprint density at radius 1 is 1.44 bits per heavy atom. The zero-order valence-electron chi connectivity index (χ0n) is 9.64. The number of aromatic amines is 1. The maximum absolute atomic E-state index is 5.61. The number of hydrogen-bond acceptors (Lipinski definition) is 7. The van der Waals surface area contributed by atoms with Crippen LogP contribution in [0.4, 0.5) is 11.8 Å². The van der Waals surface area contributed by atoms with Gasteiger partial charge in [-0.05, 0) is 6.92 Å². The topological polar surface area (TPSA) is 119 Å². The van der Waals surface area contributed by atoms with E-state index >= 15 is 0 Å². The standard InChI is InChI=1S/C10H11N7O/c1-5-2-6(17-18-5)3-12-8-7-9(14-4-13-7)16-10(11)15-8/h2,4H,3H2,1H3,(H4,11,12,13,14,15,16). The molecule has 0 saturated carbocycles. The first-order chi connectivity index (χ1) is 8.72. The lowest BCUT2D eigenvalue weighted by molar-refractivity contribution is 0.391. The lowest BCUT2D eigenvalue weighted by atomic mass is 10.3. The van der Waals surface area contributed by atoms with Crippen LogP contribution >= 0.6 is 0 Å². The van der Waals surface area contributed by atoms with Crippen molar-refractivity contribution in [2.24, 2.45) is 0 Å². The molecule has 0 atom stereocenters. The molecule has 4 N–H and O–H groups in total. The Morgan fingerprint density at radius 3 is 3.11 bits per heavy atom. The zero-order valence-corrected chi connectivity index (χ0v) is 9.64. The highest BCUT2D eigenvalue weighted by Crippen LogP contribution is 2.17. The van der Waals surface area contributed by atoms with E-state index in [0.717, 1.165) is 11.5 Å². The van der Waals surface area contributed by atoms with Crippen molar-refractivity contribution in [2.75, 3.05) is 11.1 Å². The average molecular weight is 245 g/mol. The van der Waals surface area contributed by atoms with Crippen LogP contribution in [-0.4, -0.2) is 25.1 Å². The number of fused-ring (bicyclic) bond motifs is 1. The highest BCUT2D eigenvalue weighted by atomic mass is 16.5. The number of nitrogens with zero attached hydrogens (tertiary/aromatic N) is 4. The fourth-order valence-electron chi connectivity index (χ4n) is 1.65. The smallest absolute Gasteiger partial charge is 0.224 e. The molecule has 0 unspecified atom stereocenters. The minimum atomic E-state index is 0.174. The first-order valence-electron chi connectivity index (χ1n) is 5.35. The van der Waals surface area contributed by atoms with E-state index in [1.54, 1.807) is 6.33 Å². The number of imidazole rings is 1. The summed E-state index contributed by atoms with van der Waals surface area (Å²) in [6.45, 7) is 2.33. The maximum Gasteiger partial charge on any atom is 0.224 e. The van der Waals surface area contributed by atoms with E-state index in [-0.39, 0.29) is 5.95 Å². The molecule has 0 aliphatic heterocycles. The fraction of sp³-hybridized carbons (Fsp3) is 0.200. The van der Waals surface area contributed by atoms with E-state index in [9.17, 15) is 0 Å². The number of nitrogens with two attached hydrogens (primary N) is 1. The highest BCUT2D eigenvalue weighted by Gasteiger charge is 2.09. The lowest BCUT2D eigenvalue weighted by Crippen LogP contribution is -2.05. The SMILES string of the molecule is Cc1cc(CNc2nc(N)nc3nc[nH]c23)no1. The molecule has 0 fully saturated rings. The Morgan fingerprint density at radius 2 is 2.33 bits per heavy atom. The monoisotopic (exact) mass is 245 g/mol. The largest absolute Gasteiger partial charge is 0.368 e. The Hall–Kier alpha value is -2.64. The van der Waals surface area contributed by atoms with Crippen LogP contribution in [0.2, 0.25) is 0 Å². The van der Waals surface area contributed by atoms with E-state index < -0.39 is 0 Å². The molecule has 8 nitrogen and oxygen atoms in total. The number of nitrogens with one attached hydrogen (secondary N) is 2. The Balaban J connectivity index is 1.87. The summed E-state index contributed by atoms with van der Waals surface area (Å²) in [5.74, 6) is 1.53. The van der Waals surface area contributed by atoms with Gasteiger partial charge in [0.15, 0.2) is 11.5 Å². The predicted molar refractivity (Wildman–Crippen MR) is 64.7 cm³/mol. The van der Waals surface area contributed by atoms with E-state index in [4.69, 9.17) is 10.3 Å². The van der Waals surface area contributed by atoms with Crippen LogP contribution < -0.4 is 11.1 Å². The Kier molecular flexibility index (Phi) is 2.33. The van der Waals surface area contributed by atoms with Crippen molar-refractivity contribution in [3.05, 3.63) is 23.8 Å². The van der Waals surface area contributed by atoms with Gasteiger partial charge in [0.2, 0.25) is 5.95 Å². The van der Waals surface area contributed by atoms with Gasteiger partial charge in [-0.25, -0.2) is 4.98 Å². The maximum atomic E-state index is 5.61. The number of nitrogen functional groups attached to an aromatic ring is 1. The van der Waals surface area contributed by atoms with Crippen molar-refractivity contribution in [1.29, 1.82) is 0 Å². The molecule has 0 radical (unpaired) electrons. The van der Waals surface area contributed by atoms with E-state index in [2.05, 4.69) is 30.4 Å². The molecular weight excluding hydrogens is 234 g/mol. The van der Waals surface area contributed by atoms with Gasteiger partial charge in [0.05, 0.1) is 12.9 Å². The van der Waals surface area contributed by atoms with Crippen molar-refractivity contribution in [2.45, 2.75) is 13.5 Å². The van der Waals surface area contributed by atoms with Gasteiger partial charge < -0.3 is 20.6 Å². The van der Waals surface area contributed by atoms with Gasteiger partial charge in [0.1, 0.15) is 17.0 Å². The second kappa shape index (κ2) is 3.99. The molecule has 3 heterocycles. The number of hydrogen-bond donors (Lipinski definition) is 3. The Labute approximate surface area is 102 Å². The molecule has 0 aliphatic rings. The molecule has 0 bridgehead atoms. The van der Waals surface area contributed by atoms with Crippen LogP contribution in [0, 0.1) is 6.92 Å². The van der Waals surface area contributed by atoms with Crippen molar-refractivity contribution >= 4 is 22.9 Å². The van der Waals surface area contributed by atoms with Crippen LogP contribution in [0.5, 0.6) is 0 Å². The molecule has 3 aromatic heterocycles. The van der Waals surface area contributed by atoms with Gasteiger partial charge in [-0.1, -0.05) is 5.16 Å². The van der Waals surface area contributed by atoms with Gasteiger partial charge in [-0.3, -0.25) is 0 Å². The van der Waals surface area contributed by atoms with Crippen LogP contribution in [0.15, 0.2) is 16.9 Å². The predicted octanol–water partition coefficient (Wildman–Crippen LogP) is 0.844. The molecule has 0 aromatic carbocycles. The summed E-state index contributed by atoms with van der Waals surface area (Å²) in [4.78, 5) is 15.1. The van der Waals surface area contributed by atoms with Crippen molar-refractivity contribution in [1.82, 2.24) is 25.1 Å². The molecule has 0 saturated heterocycles. The molecule has 0 spiro atoms. The van der Waals surface area contributed by atoms with Crippen LogP contribution in [-0.2, 0) is 6.54 Å². The summed E-state index contributed by atoms with van der Waals surface area (Å²) >= 11 is 0. The zero-order chi connectivity index (χ0) is 12.5. The summed E-state index contributed by atoms with van der Waals surface area (Å²) in [6, 6.07) is 1.85. The molecule has 0 aliphatic carbocycles. The lowest BCUT2D eigenvalue weighted by Gasteiger charge is -2.04. The summed E-state index contributed by atoms with van der Waals surface area (Å²) < 4.78 is 4.98. The summed E-state index contributed by atoms with van der Waals surface area (Å²) in [5, 5.41) is 7.00. The molecule has 0 amide bonds. The van der Waals surface area contributed by atoms with Gasteiger partial charge in [-0.2, -0.15) is 9.97 Å². The van der Waals surface area contributed by atoms with Gasteiger partial charge >= 0.3 is 0 Å². The molecule has 3 rings (SSSR count). The van der Waals surface area contributed by atoms with Gasteiger partial charge in [0.25, 0.3) is 0 Å². The van der Waals surface area contributed by atoms with Gasteiger partial charge in [-0.15, -0.1) is 0 Å². The van der Waals surface area contributed by atoms with Gasteiger partial charge in [0, 0.05) is 6.07 Å². The number of rotatable bonds is 3. The number of anilines is 2. The third kappa shape index (κ3) is 1.83. The quantitative estimate of drug-likeness (QED) is 0.625. The molecule has 18 heavy (non-hydrogen) atoms. The first kappa shape index (κ1) is 10.5. The second-order valence-electron chi connectivity index (χ2n) is 3.81. The van der Waals surface area contributed by atoms with Crippen LogP contribution in [0.3, 0.4) is 0 Å². The van der Waals surface area contributed by atoms with Crippen LogP contribution in [0.25, 0.3) is 11.2 Å². The van der Waals surface area contributed by atoms with E-state index in [1.807, 2.05) is 13.0 Å². The third-order valence-electron chi connectivity index (χ3n) is 2.42. The highest BCUT2D eigenvalue weighted by molar-refractivity contribution is 5.83. The Bertz CT molecular complexity index is 686. The fourth-order valence-corrected chi connectivity index (χ4v) is 1.65.